The van der Waals surface area contributed by atoms with Gasteiger partial charge in [-0.3, -0.25) is 4.79 Å². The summed E-state index contributed by atoms with van der Waals surface area (Å²) in [6.07, 6.45) is 1.04. The number of hydrogen-bond acceptors (Lipinski definition) is 3. The largest absolute Gasteiger partial charge is 0.493 e. The molecule has 1 aromatic carbocycles. The fourth-order valence-electron chi connectivity index (χ4n) is 1.46. The van der Waals surface area contributed by atoms with Gasteiger partial charge in [-0.15, -0.1) is 0 Å². The van der Waals surface area contributed by atoms with Crippen molar-refractivity contribution in [2.45, 2.75) is 32.8 Å². The number of hydrogen-bond donors (Lipinski definition) is 0. The van der Waals surface area contributed by atoms with Crippen LogP contribution in [-0.4, -0.2) is 18.5 Å². The van der Waals surface area contributed by atoms with Crippen LogP contribution in [0.4, 0.5) is 0 Å². The van der Waals surface area contributed by atoms with Gasteiger partial charge in [0.25, 0.3) is 0 Å². The van der Waals surface area contributed by atoms with E-state index in [1.165, 1.54) is 0 Å². The quantitative estimate of drug-likeness (QED) is 0.734. The summed E-state index contributed by atoms with van der Waals surface area (Å²) in [6, 6.07) is 5.64. The van der Waals surface area contributed by atoms with Gasteiger partial charge >= 0.3 is 0 Å². The summed E-state index contributed by atoms with van der Waals surface area (Å²) >= 11 is 5.31. The second-order valence-corrected chi connectivity index (χ2v) is 4.43. The van der Waals surface area contributed by atoms with E-state index in [-0.39, 0.29) is 11.3 Å². The van der Waals surface area contributed by atoms with Crippen molar-refractivity contribution >= 4 is 16.8 Å². The number of rotatable bonds is 6. The van der Waals surface area contributed by atoms with Crippen molar-refractivity contribution in [3.63, 3.8) is 0 Å². The van der Waals surface area contributed by atoms with E-state index >= 15 is 0 Å². The summed E-state index contributed by atoms with van der Waals surface area (Å²) < 4.78 is 10.8. The Morgan fingerprint density at radius 3 is 2.59 bits per heavy atom. The predicted molar refractivity (Wildman–Crippen MR) is 67.9 cm³/mol. The Labute approximate surface area is 107 Å². The third-order valence-electron chi connectivity index (χ3n) is 2.20. The van der Waals surface area contributed by atoms with Gasteiger partial charge in [0.05, 0.1) is 13.2 Å². The van der Waals surface area contributed by atoms with Crippen molar-refractivity contribution in [2.75, 3.05) is 7.11 Å². The van der Waals surface area contributed by atoms with Crippen molar-refractivity contribution in [1.29, 1.82) is 0 Å². The second-order valence-electron chi connectivity index (χ2n) is 4.01. The molecule has 0 unspecified atom stereocenters. The molecule has 0 aliphatic rings. The van der Waals surface area contributed by atoms with E-state index in [2.05, 4.69) is 0 Å². The summed E-state index contributed by atoms with van der Waals surface area (Å²) in [4.78, 5) is 10.7. The third-order valence-corrected chi connectivity index (χ3v) is 2.39. The van der Waals surface area contributed by atoms with Crippen LogP contribution in [-0.2, 0) is 11.2 Å². The van der Waals surface area contributed by atoms with Gasteiger partial charge in [0.1, 0.15) is 0 Å². The highest BCUT2D eigenvalue weighted by Crippen LogP contribution is 2.29. The van der Waals surface area contributed by atoms with Crippen LogP contribution in [0.25, 0.3) is 0 Å². The molecule has 1 aromatic rings. The zero-order valence-corrected chi connectivity index (χ0v) is 11.1. The zero-order chi connectivity index (χ0) is 12.8. The number of benzene rings is 1. The van der Waals surface area contributed by atoms with Crippen LogP contribution < -0.4 is 9.47 Å². The molecule has 0 radical (unpaired) electrons. The molecular formula is C13H17ClO3. The van der Waals surface area contributed by atoms with E-state index in [9.17, 15) is 4.79 Å². The molecule has 1 rings (SSSR count). The van der Waals surface area contributed by atoms with Gasteiger partial charge in [0, 0.05) is 6.42 Å². The van der Waals surface area contributed by atoms with Crippen LogP contribution in [0.2, 0.25) is 0 Å². The molecule has 94 valence electrons. The standard InChI is InChI=1S/C13H17ClO3/c1-9(2)17-11-6-4-10(5-7-13(14)15)8-12(11)16-3/h4,6,8-9H,5,7H2,1-3H3. The average molecular weight is 257 g/mol. The minimum atomic E-state index is -0.327. The molecule has 3 nitrogen and oxygen atoms in total. The highest BCUT2D eigenvalue weighted by atomic mass is 35.5. The maximum Gasteiger partial charge on any atom is 0.221 e. The summed E-state index contributed by atoms with van der Waals surface area (Å²) in [5, 5.41) is -0.327. The highest BCUT2D eigenvalue weighted by molar-refractivity contribution is 6.63. The van der Waals surface area contributed by atoms with E-state index in [0.717, 1.165) is 5.56 Å². The normalized spacial score (nSPS) is 10.4. The first-order valence-corrected chi connectivity index (χ1v) is 5.92. The van der Waals surface area contributed by atoms with E-state index in [4.69, 9.17) is 21.1 Å². The maximum absolute atomic E-state index is 10.7. The van der Waals surface area contributed by atoms with Crippen molar-refractivity contribution in [1.82, 2.24) is 0 Å². The van der Waals surface area contributed by atoms with Crippen LogP contribution in [0.5, 0.6) is 11.5 Å². The number of aryl methyl sites for hydroxylation is 1. The Kier molecular flexibility index (Phi) is 5.29. The minimum absolute atomic E-state index is 0.0965. The fourth-order valence-corrected chi connectivity index (χ4v) is 1.56. The molecule has 0 aromatic heterocycles. The molecule has 4 heteroatoms. The average Bonchev–Trinajstić information content (AvgIpc) is 2.26. The number of ether oxygens (including phenoxy) is 2. The molecule has 0 aliphatic heterocycles. The van der Waals surface area contributed by atoms with Gasteiger partial charge in [-0.1, -0.05) is 6.07 Å². The lowest BCUT2D eigenvalue weighted by Gasteiger charge is -2.14. The monoisotopic (exact) mass is 256 g/mol. The summed E-state index contributed by atoms with van der Waals surface area (Å²) in [6.45, 7) is 3.92. The molecule has 0 heterocycles. The Bertz CT molecular complexity index is 388. The summed E-state index contributed by atoms with van der Waals surface area (Å²) in [5.74, 6) is 1.39. The first kappa shape index (κ1) is 13.8. The first-order chi connectivity index (χ1) is 8.02. The molecule has 0 aliphatic carbocycles. The molecule has 0 spiro atoms. The number of halogens is 1. The Morgan fingerprint density at radius 1 is 1.35 bits per heavy atom. The summed E-state index contributed by atoms with van der Waals surface area (Å²) in [5.41, 5.74) is 1.01. The van der Waals surface area contributed by atoms with E-state index < -0.39 is 0 Å². The van der Waals surface area contributed by atoms with Crippen molar-refractivity contribution < 1.29 is 14.3 Å². The third kappa shape index (κ3) is 4.65. The number of carbonyl (C=O) groups excluding carboxylic acids is 1. The van der Waals surface area contributed by atoms with Crippen LogP contribution >= 0.6 is 11.6 Å². The highest BCUT2D eigenvalue weighted by Gasteiger charge is 2.08. The van der Waals surface area contributed by atoms with Crippen molar-refractivity contribution in [2.24, 2.45) is 0 Å². The zero-order valence-electron chi connectivity index (χ0n) is 10.3. The maximum atomic E-state index is 10.7. The predicted octanol–water partition coefficient (Wildman–Crippen LogP) is 3.18. The van der Waals surface area contributed by atoms with Crippen LogP contribution in [0.3, 0.4) is 0 Å². The number of methoxy groups -OCH3 is 1. The molecule has 0 amide bonds. The molecule has 0 saturated heterocycles. The Hall–Kier alpha value is -1.22. The summed E-state index contributed by atoms with van der Waals surface area (Å²) in [7, 11) is 1.60. The molecule has 0 fully saturated rings. The molecular weight excluding hydrogens is 240 g/mol. The van der Waals surface area contributed by atoms with Crippen LogP contribution in [0, 0.1) is 0 Å². The van der Waals surface area contributed by atoms with Gasteiger partial charge in [0.2, 0.25) is 5.24 Å². The topological polar surface area (TPSA) is 35.5 Å². The smallest absolute Gasteiger partial charge is 0.221 e. The Balaban J connectivity index is 2.80. The first-order valence-electron chi connectivity index (χ1n) is 5.55. The SMILES string of the molecule is COc1cc(CCC(=O)Cl)ccc1OC(C)C. The second kappa shape index (κ2) is 6.50. The molecule has 0 saturated carbocycles. The number of carbonyl (C=O) groups is 1. The lowest BCUT2D eigenvalue weighted by molar-refractivity contribution is -0.111. The lowest BCUT2D eigenvalue weighted by Crippen LogP contribution is -2.07. The molecule has 17 heavy (non-hydrogen) atoms. The minimum Gasteiger partial charge on any atom is -0.493 e. The molecule has 0 atom stereocenters. The van der Waals surface area contributed by atoms with Gasteiger partial charge in [-0.25, -0.2) is 0 Å². The van der Waals surface area contributed by atoms with E-state index in [1.54, 1.807) is 7.11 Å². The lowest BCUT2D eigenvalue weighted by atomic mass is 10.1. The molecule has 0 N–H and O–H groups in total. The van der Waals surface area contributed by atoms with Crippen LogP contribution in [0.1, 0.15) is 25.8 Å². The van der Waals surface area contributed by atoms with Gasteiger partial charge in [-0.05, 0) is 49.6 Å². The van der Waals surface area contributed by atoms with E-state index in [1.807, 2.05) is 32.0 Å². The van der Waals surface area contributed by atoms with Gasteiger partial charge < -0.3 is 9.47 Å². The Morgan fingerprint density at radius 2 is 2.06 bits per heavy atom. The van der Waals surface area contributed by atoms with Crippen molar-refractivity contribution in [3.8, 4) is 11.5 Å². The molecule has 0 bridgehead atoms. The van der Waals surface area contributed by atoms with Crippen molar-refractivity contribution in [3.05, 3.63) is 23.8 Å². The van der Waals surface area contributed by atoms with Gasteiger partial charge in [0.15, 0.2) is 11.5 Å². The van der Waals surface area contributed by atoms with Gasteiger partial charge in [-0.2, -0.15) is 0 Å². The fraction of sp³-hybridized carbons (Fsp3) is 0.462. The van der Waals surface area contributed by atoms with Crippen LogP contribution in [0.15, 0.2) is 18.2 Å². The van der Waals surface area contributed by atoms with E-state index in [0.29, 0.717) is 24.3 Å².